The van der Waals surface area contributed by atoms with E-state index in [1.807, 2.05) is 20.8 Å². The van der Waals surface area contributed by atoms with Gasteiger partial charge in [0.2, 0.25) is 11.8 Å². The molecular weight excluding hydrogens is 438 g/mol. The number of amides is 5. The topological polar surface area (TPSA) is 122 Å². The van der Waals surface area contributed by atoms with Gasteiger partial charge in [-0.25, -0.2) is 4.79 Å². The molecule has 2 heterocycles. The van der Waals surface area contributed by atoms with Crippen LogP contribution in [0.25, 0.3) is 0 Å². The molecule has 0 radical (unpaired) electrons. The number of carbonyl (C=O) groups excluding carboxylic acids is 5. The number of ether oxygens (including phenoxy) is 1. The molecule has 9 heteroatoms. The van der Waals surface area contributed by atoms with Crippen molar-refractivity contribution >= 4 is 29.7 Å². The van der Waals surface area contributed by atoms with Gasteiger partial charge in [0.15, 0.2) is 0 Å². The van der Waals surface area contributed by atoms with Gasteiger partial charge in [0.1, 0.15) is 11.6 Å². The van der Waals surface area contributed by atoms with Crippen LogP contribution in [0.1, 0.15) is 85.6 Å². The molecule has 0 spiro atoms. The van der Waals surface area contributed by atoms with Crippen LogP contribution in [-0.4, -0.2) is 52.8 Å². The number of hydrogen-bond acceptors (Lipinski definition) is 6. The molecule has 1 saturated heterocycles. The lowest BCUT2D eigenvalue weighted by molar-refractivity contribution is -0.136. The molecule has 0 aromatic heterocycles. The molecule has 180 valence electrons. The average molecular weight is 468 g/mol. The predicted molar refractivity (Wildman–Crippen MR) is 123 cm³/mol. The highest BCUT2D eigenvalue weighted by Crippen LogP contribution is 2.28. The molecule has 2 aliphatic heterocycles. The molecule has 0 bridgehead atoms. The number of imide groups is 2. The summed E-state index contributed by atoms with van der Waals surface area (Å²) >= 11 is 0. The fourth-order valence-corrected chi connectivity index (χ4v) is 3.73. The van der Waals surface area contributed by atoms with Gasteiger partial charge in [-0.05, 0) is 58.2 Å². The Bertz CT molecular complexity index is 1080. The van der Waals surface area contributed by atoms with Crippen LogP contribution in [0.5, 0.6) is 0 Å². The van der Waals surface area contributed by atoms with Crippen LogP contribution in [0.4, 0.5) is 4.79 Å². The van der Waals surface area contributed by atoms with Crippen molar-refractivity contribution in [3.63, 3.8) is 0 Å². The second-order valence-electron chi connectivity index (χ2n) is 9.25. The van der Waals surface area contributed by atoms with Gasteiger partial charge in [0.25, 0.3) is 11.8 Å². The highest BCUT2D eigenvalue weighted by molar-refractivity contribution is 6.23. The molecule has 0 aliphatic carbocycles. The van der Waals surface area contributed by atoms with Crippen molar-refractivity contribution in [3.05, 3.63) is 34.9 Å². The number of rotatable bonds is 6. The monoisotopic (exact) mass is 467 g/mol. The lowest BCUT2D eigenvalue weighted by Gasteiger charge is -2.27. The van der Waals surface area contributed by atoms with Gasteiger partial charge >= 0.3 is 6.09 Å². The largest absolute Gasteiger partial charge is 0.444 e. The zero-order valence-corrected chi connectivity index (χ0v) is 19.7. The van der Waals surface area contributed by atoms with Gasteiger partial charge < -0.3 is 10.1 Å². The molecule has 2 N–H and O–H groups in total. The van der Waals surface area contributed by atoms with Crippen molar-refractivity contribution in [2.45, 2.75) is 70.9 Å². The molecule has 1 fully saturated rings. The van der Waals surface area contributed by atoms with E-state index < -0.39 is 41.4 Å². The Morgan fingerprint density at radius 3 is 2.56 bits per heavy atom. The van der Waals surface area contributed by atoms with E-state index in [2.05, 4.69) is 22.5 Å². The Labute approximate surface area is 198 Å². The third-order valence-electron chi connectivity index (χ3n) is 5.32. The minimum absolute atomic E-state index is 0.0810. The minimum atomic E-state index is -0.982. The number of nitrogens with one attached hydrogen (secondary N) is 2. The summed E-state index contributed by atoms with van der Waals surface area (Å²) in [5.74, 6) is 3.95. The van der Waals surface area contributed by atoms with E-state index in [0.29, 0.717) is 18.5 Å². The van der Waals surface area contributed by atoms with Crippen LogP contribution in [0.2, 0.25) is 0 Å². The summed E-state index contributed by atoms with van der Waals surface area (Å²) < 4.78 is 5.17. The van der Waals surface area contributed by atoms with Gasteiger partial charge in [-0.2, -0.15) is 0 Å². The van der Waals surface area contributed by atoms with E-state index in [1.165, 1.54) is 0 Å². The quantitative estimate of drug-likeness (QED) is 0.377. The number of fused-ring (bicyclic) bond motifs is 1. The Hall–Kier alpha value is -3.67. The summed E-state index contributed by atoms with van der Waals surface area (Å²) in [4.78, 5) is 61.6. The van der Waals surface area contributed by atoms with Crippen LogP contribution in [0, 0.1) is 11.8 Å². The van der Waals surface area contributed by atoms with Gasteiger partial charge in [-0.3, -0.25) is 29.4 Å². The third kappa shape index (κ3) is 6.22. The molecule has 2 aliphatic rings. The van der Waals surface area contributed by atoms with Crippen molar-refractivity contribution in [3.8, 4) is 11.8 Å². The zero-order valence-electron chi connectivity index (χ0n) is 19.7. The Balaban J connectivity index is 1.48. The molecule has 1 unspecified atom stereocenters. The molecule has 1 atom stereocenters. The fourth-order valence-electron chi connectivity index (χ4n) is 3.73. The normalized spacial score (nSPS) is 17.6. The van der Waals surface area contributed by atoms with Crippen molar-refractivity contribution in [2.24, 2.45) is 0 Å². The van der Waals surface area contributed by atoms with E-state index in [1.54, 1.807) is 18.2 Å². The molecule has 1 aromatic carbocycles. The maximum Gasteiger partial charge on any atom is 0.407 e. The smallest absolute Gasteiger partial charge is 0.407 e. The van der Waals surface area contributed by atoms with Crippen molar-refractivity contribution in [1.82, 2.24) is 15.5 Å². The lowest BCUT2D eigenvalue weighted by atomic mass is 10.0. The van der Waals surface area contributed by atoms with Crippen molar-refractivity contribution in [1.29, 1.82) is 0 Å². The first kappa shape index (κ1) is 25.0. The van der Waals surface area contributed by atoms with Gasteiger partial charge in [-0.1, -0.05) is 18.3 Å². The highest BCUT2D eigenvalue weighted by atomic mass is 16.6. The van der Waals surface area contributed by atoms with Crippen molar-refractivity contribution in [2.75, 3.05) is 6.54 Å². The average Bonchev–Trinajstić information content (AvgIpc) is 2.99. The standard InChI is InChI=1S/C25H29N3O6/c1-25(2,3)34-24(33)26-14-8-6-4-5-7-9-16-10-11-17-18(15-16)23(32)28(22(17)31)19-12-13-20(29)27-21(19)30/h10-11,15,19H,4-6,8,12-14H2,1-3H3,(H,26,33)(H,27,29,30). The third-order valence-corrected chi connectivity index (χ3v) is 5.32. The zero-order chi connectivity index (χ0) is 24.9. The summed E-state index contributed by atoms with van der Waals surface area (Å²) in [5, 5.41) is 4.90. The molecule has 0 saturated carbocycles. The molecule has 3 rings (SSSR count). The SMILES string of the molecule is CC(C)(C)OC(=O)NCCCCCC#Cc1ccc2c(c1)C(=O)N(C1CCC(=O)NC1=O)C2=O. The van der Waals surface area contributed by atoms with E-state index in [4.69, 9.17) is 4.74 Å². The maximum absolute atomic E-state index is 12.8. The number of hydrogen-bond donors (Lipinski definition) is 2. The van der Waals surface area contributed by atoms with E-state index in [9.17, 15) is 24.0 Å². The van der Waals surface area contributed by atoms with E-state index in [-0.39, 0.29) is 24.0 Å². The van der Waals surface area contributed by atoms with Gasteiger partial charge in [0.05, 0.1) is 11.1 Å². The summed E-state index contributed by atoms with van der Waals surface area (Å²) in [6.07, 6.45) is 2.99. The van der Waals surface area contributed by atoms with E-state index >= 15 is 0 Å². The molecule has 9 nitrogen and oxygen atoms in total. The summed E-state index contributed by atoms with van der Waals surface area (Å²) in [5.41, 5.74) is 0.544. The van der Waals surface area contributed by atoms with E-state index in [0.717, 1.165) is 24.2 Å². The number of alkyl carbamates (subject to hydrolysis) is 1. The predicted octanol–water partition coefficient (Wildman–Crippen LogP) is 2.52. The number of unbranched alkanes of at least 4 members (excludes halogenated alkanes) is 3. The molecule has 1 aromatic rings. The molecular formula is C25H29N3O6. The first-order chi connectivity index (χ1) is 16.1. The molecule has 34 heavy (non-hydrogen) atoms. The summed E-state index contributed by atoms with van der Waals surface area (Å²) in [6, 6.07) is 3.81. The second-order valence-corrected chi connectivity index (χ2v) is 9.25. The Morgan fingerprint density at radius 2 is 1.85 bits per heavy atom. The highest BCUT2D eigenvalue weighted by Gasteiger charge is 2.44. The Morgan fingerprint density at radius 1 is 1.12 bits per heavy atom. The summed E-state index contributed by atoms with van der Waals surface area (Å²) in [7, 11) is 0. The minimum Gasteiger partial charge on any atom is -0.444 e. The Kier molecular flexibility index (Phi) is 7.72. The van der Waals surface area contributed by atoms with Crippen LogP contribution in [-0.2, 0) is 14.3 Å². The van der Waals surface area contributed by atoms with Gasteiger partial charge in [0, 0.05) is 24.9 Å². The maximum atomic E-state index is 12.8. The van der Waals surface area contributed by atoms with Crippen LogP contribution in [0.15, 0.2) is 18.2 Å². The lowest BCUT2D eigenvalue weighted by Crippen LogP contribution is -2.54. The van der Waals surface area contributed by atoms with Gasteiger partial charge in [-0.15, -0.1) is 0 Å². The van der Waals surface area contributed by atoms with Crippen LogP contribution >= 0.6 is 0 Å². The van der Waals surface area contributed by atoms with Crippen LogP contribution < -0.4 is 10.6 Å². The molecule has 5 amide bonds. The first-order valence-corrected chi connectivity index (χ1v) is 11.4. The number of carbonyl (C=O) groups is 5. The second kappa shape index (κ2) is 10.5. The number of nitrogens with zero attached hydrogens (tertiary/aromatic N) is 1. The van der Waals surface area contributed by atoms with Crippen molar-refractivity contribution < 1.29 is 28.7 Å². The number of benzene rings is 1. The van der Waals surface area contributed by atoms with Crippen LogP contribution in [0.3, 0.4) is 0 Å². The summed E-state index contributed by atoms with van der Waals surface area (Å²) in [6.45, 7) is 5.98. The number of piperidine rings is 1. The first-order valence-electron chi connectivity index (χ1n) is 11.4. The fraction of sp³-hybridized carbons (Fsp3) is 0.480.